The van der Waals surface area contributed by atoms with Crippen molar-refractivity contribution in [1.29, 1.82) is 0 Å². The van der Waals surface area contributed by atoms with Gasteiger partial charge >= 0.3 is 11.9 Å². The topological polar surface area (TPSA) is 97.4 Å². The Morgan fingerprint density at radius 3 is 2.16 bits per heavy atom. The number of ketones is 1. The Bertz CT molecular complexity index is 1050. The smallest absolute Gasteiger partial charge is 0.306 e. The molecule has 0 aromatic heterocycles. The molecule has 1 saturated heterocycles. The largest absolute Gasteiger partial charge is 0.497 e. The highest BCUT2D eigenvalue weighted by molar-refractivity contribution is 7.99. The molecule has 2 aromatic rings. The van der Waals surface area contributed by atoms with Gasteiger partial charge in [0.05, 0.1) is 26.2 Å². The Labute approximate surface area is 221 Å². The Balaban J connectivity index is 1.89. The lowest BCUT2D eigenvalue weighted by atomic mass is 9.99. The van der Waals surface area contributed by atoms with Crippen LogP contribution in [-0.2, 0) is 39.9 Å². The molecule has 0 N–H and O–H groups in total. The predicted molar refractivity (Wildman–Crippen MR) is 138 cm³/mol. The van der Waals surface area contributed by atoms with Crippen LogP contribution < -0.4 is 4.74 Å². The van der Waals surface area contributed by atoms with Crippen molar-refractivity contribution in [3.63, 3.8) is 0 Å². The van der Waals surface area contributed by atoms with Crippen LogP contribution in [0.4, 0.5) is 0 Å². The Hall–Kier alpha value is -2.88. The highest BCUT2D eigenvalue weighted by atomic mass is 32.2. The molecule has 0 aliphatic carbocycles. The number of carbonyl (C=O) groups excluding carboxylic acids is 3. The average Bonchev–Trinajstić information content (AvgIpc) is 2.86. The summed E-state index contributed by atoms with van der Waals surface area (Å²) in [6.07, 6.45) is -3.03. The summed E-state index contributed by atoms with van der Waals surface area (Å²) >= 11 is 1.40. The van der Waals surface area contributed by atoms with Gasteiger partial charge in [0.2, 0.25) is 0 Å². The Morgan fingerprint density at radius 1 is 0.892 bits per heavy atom. The second kappa shape index (κ2) is 13.6. The van der Waals surface area contributed by atoms with Crippen molar-refractivity contribution < 1.29 is 38.1 Å². The van der Waals surface area contributed by atoms with Gasteiger partial charge in [-0.25, -0.2) is 0 Å². The fourth-order valence-electron chi connectivity index (χ4n) is 3.89. The predicted octanol–water partition coefficient (Wildman–Crippen LogP) is 4.64. The molecule has 0 spiro atoms. The number of rotatable bonds is 11. The summed E-state index contributed by atoms with van der Waals surface area (Å²) in [6.45, 7) is 6.72. The maximum atomic E-state index is 12.7. The van der Waals surface area contributed by atoms with Crippen molar-refractivity contribution in [2.24, 2.45) is 0 Å². The van der Waals surface area contributed by atoms with E-state index in [0.29, 0.717) is 5.75 Å². The summed E-state index contributed by atoms with van der Waals surface area (Å²) in [5, 5.41) is 0. The van der Waals surface area contributed by atoms with Crippen molar-refractivity contribution in [2.75, 3.05) is 7.11 Å². The number of aryl methyl sites for hydroxylation is 1. The first-order valence-electron chi connectivity index (χ1n) is 12.2. The van der Waals surface area contributed by atoms with Crippen LogP contribution in [0.25, 0.3) is 0 Å². The molecule has 1 heterocycles. The summed E-state index contributed by atoms with van der Waals surface area (Å²) in [7, 11) is 1.59. The second-order valence-electron chi connectivity index (χ2n) is 8.99. The normalized spacial score (nSPS) is 23.2. The van der Waals surface area contributed by atoms with Crippen molar-refractivity contribution in [3.05, 3.63) is 59.7 Å². The number of Topliss-reactive ketones (excluding diaryl/α,β-unsaturated/α-hetero) is 1. The third kappa shape index (κ3) is 8.59. The lowest BCUT2D eigenvalue weighted by molar-refractivity contribution is -0.233. The maximum absolute atomic E-state index is 12.7. The number of esters is 2. The average molecular weight is 531 g/mol. The number of carbonyl (C=O) groups is 3. The van der Waals surface area contributed by atoms with Crippen LogP contribution in [0.5, 0.6) is 5.75 Å². The lowest BCUT2D eigenvalue weighted by Gasteiger charge is -2.44. The van der Waals surface area contributed by atoms with Gasteiger partial charge in [-0.1, -0.05) is 41.6 Å². The van der Waals surface area contributed by atoms with Crippen LogP contribution in [0.3, 0.4) is 0 Å². The number of ether oxygens (including phenoxy) is 5. The molecule has 1 fully saturated rings. The van der Waals surface area contributed by atoms with Crippen LogP contribution in [0.1, 0.15) is 44.7 Å². The molecular weight excluding hydrogens is 496 g/mol. The SMILES string of the molecule is COc1ccc(CO[C@@H]2[C@@H](OC(C)=O)[C@H](C)O[C@@H](Sc3ccc(C)cc3)[C@@H]2OC(=O)CCC(C)=O)cc1. The van der Waals surface area contributed by atoms with E-state index >= 15 is 0 Å². The maximum Gasteiger partial charge on any atom is 0.306 e. The lowest BCUT2D eigenvalue weighted by Crippen LogP contribution is -2.59. The fourth-order valence-corrected chi connectivity index (χ4v) is 5.03. The summed E-state index contributed by atoms with van der Waals surface area (Å²) in [6, 6.07) is 15.3. The number of hydrogen-bond acceptors (Lipinski definition) is 9. The van der Waals surface area contributed by atoms with Gasteiger partial charge in [-0.05, 0) is 50.6 Å². The molecule has 2 aromatic carbocycles. The summed E-state index contributed by atoms with van der Waals surface area (Å²) in [4.78, 5) is 37.1. The Kier molecular flexibility index (Phi) is 10.5. The van der Waals surface area contributed by atoms with E-state index in [9.17, 15) is 14.4 Å². The van der Waals surface area contributed by atoms with E-state index in [4.69, 9.17) is 23.7 Å². The van der Waals surface area contributed by atoms with E-state index in [-0.39, 0.29) is 25.2 Å². The fraction of sp³-hybridized carbons (Fsp3) is 0.464. The molecule has 9 heteroatoms. The zero-order valence-corrected chi connectivity index (χ0v) is 22.6. The van der Waals surface area contributed by atoms with E-state index in [2.05, 4.69) is 0 Å². The first-order chi connectivity index (χ1) is 17.7. The van der Waals surface area contributed by atoms with Crippen LogP contribution in [0.15, 0.2) is 53.4 Å². The van der Waals surface area contributed by atoms with Crippen molar-refractivity contribution in [1.82, 2.24) is 0 Å². The molecule has 8 nitrogen and oxygen atoms in total. The van der Waals surface area contributed by atoms with E-state index in [1.165, 1.54) is 25.6 Å². The molecule has 37 heavy (non-hydrogen) atoms. The van der Waals surface area contributed by atoms with Crippen molar-refractivity contribution in [3.8, 4) is 5.75 Å². The third-order valence-electron chi connectivity index (χ3n) is 5.85. The zero-order chi connectivity index (χ0) is 26.9. The molecule has 3 rings (SSSR count). The van der Waals surface area contributed by atoms with Crippen LogP contribution in [0, 0.1) is 6.92 Å². The second-order valence-corrected chi connectivity index (χ2v) is 10.2. The molecule has 0 radical (unpaired) electrons. The van der Waals surface area contributed by atoms with Gasteiger partial charge in [0, 0.05) is 18.2 Å². The van der Waals surface area contributed by atoms with E-state index in [1.54, 1.807) is 14.0 Å². The number of benzene rings is 2. The molecule has 0 amide bonds. The highest BCUT2D eigenvalue weighted by Crippen LogP contribution is 2.37. The summed E-state index contributed by atoms with van der Waals surface area (Å²) < 4.78 is 29.2. The monoisotopic (exact) mass is 530 g/mol. The summed E-state index contributed by atoms with van der Waals surface area (Å²) in [5.74, 6) is -0.438. The minimum Gasteiger partial charge on any atom is -0.497 e. The molecule has 0 bridgehead atoms. The number of methoxy groups -OCH3 is 1. The van der Waals surface area contributed by atoms with Gasteiger partial charge in [-0.2, -0.15) is 0 Å². The number of thioether (sulfide) groups is 1. The van der Waals surface area contributed by atoms with Gasteiger partial charge in [-0.3, -0.25) is 9.59 Å². The molecule has 5 atom stereocenters. The summed E-state index contributed by atoms with van der Waals surface area (Å²) in [5.41, 5.74) is 1.35. The molecule has 0 unspecified atom stereocenters. The van der Waals surface area contributed by atoms with Gasteiger partial charge in [-0.15, -0.1) is 0 Å². The minimum atomic E-state index is -0.899. The van der Waals surface area contributed by atoms with Gasteiger partial charge in [0.25, 0.3) is 0 Å². The van der Waals surface area contributed by atoms with E-state index in [0.717, 1.165) is 16.0 Å². The van der Waals surface area contributed by atoms with Crippen molar-refractivity contribution in [2.45, 2.75) is 81.9 Å². The molecule has 0 saturated carbocycles. The first-order valence-corrected chi connectivity index (χ1v) is 13.0. The van der Waals surface area contributed by atoms with Gasteiger partial charge in [0.15, 0.2) is 12.2 Å². The van der Waals surface area contributed by atoms with Crippen LogP contribution >= 0.6 is 11.8 Å². The number of hydrogen-bond donors (Lipinski definition) is 0. The first kappa shape index (κ1) is 28.7. The minimum absolute atomic E-state index is 0.0628. The quantitative estimate of drug-likeness (QED) is 0.385. The molecular formula is C28H34O8S. The standard InChI is InChI=1S/C28H34O8S/c1-17-6-13-23(14-7-17)37-28-27(36-24(31)15-8-18(2)29)26(25(19(3)34-28)35-20(4)30)33-16-21-9-11-22(32-5)12-10-21/h6-7,9-14,19,25-28H,8,15-16H2,1-5H3/t19-,25-,26+,27+,28-/m0/s1. The molecule has 1 aliphatic rings. The molecule has 1 aliphatic heterocycles. The van der Waals surface area contributed by atoms with Crippen LogP contribution in [0.2, 0.25) is 0 Å². The van der Waals surface area contributed by atoms with E-state index < -0.39 is 41.8 Å². The third-order valence-corrected chi connectivity index (χ3v) is 7.01. The van der Waals surface area contributed by atoms with Gasteiger partial charge in [0.1, 0.15) is 23.1 Å². The Morgan fingerprint density at radius 2 is 1.57 bits per heavy atom. The van der Waals surface area contributed by atoms with E-state index in [1.807, 2.05) is 55.5 Å². The highest BCUT2D eigenvalue weighted by Gasteiger charge is 2.49. The van der Waals surface area contributed by atoms with Crippen molar-refractivity contribution >= 4 is 29.5 Å². The zero-order valence-electron chi connectivity index (χ0n) is 21.8. The molecule has 200 valence electrons. The van der Waals surface area contributed by atoms with Gasteiger partial charge < -0.3 is 28.5 Å². The van der Waals surface area contributed by atoms with Crippen LogP contribution in [-0.4, -0.2) is 54.7 Å².